The van der Waals surface area contributed by atoms with E-state index in [-0.39, 0.29) is 0 Å². The Morgan fingerprint density at radius 2 is 1.62 bits per heavy atom. The summed E-state index contributed by atoms with van der Waals surface area (Å²) in [5.74, 6) is 0. The Morgan fingerprint density at radius 3 is 2.25 bits per heavy atom. The Labute approximate surface area is 148 Å². The predicted molar refractivity (Wildman–Crippen MR) is 102 cm³/mol. The molecule has 3 rings (SSSR count). The van der Waals surface area contributed by atoms with E-state index in [1.807, 2.05) is 24.3 Å². The summed E-state index contributed by atoms with van der Waals surface area (Å²) in [6.45, 7) is 2.10. The van der Waals surface area contributed by atoms with Crippen molar-refractivity contribution in [2.45, 2.75) is 42.8 Å². The van der Waals surface area contributed by atoms with Gasteiger partial charge in [0, 0.05) is 10.2 Å². The monoisotopic (exact) mass is 358 g/mol. The second kappa shape index (κ2) is 7.58. The van der Waals surface area contributed by atoms with E-state index in [4.69, 9.17) is 0 Å². The van der Waals surface area contributed by atoms with E-state index in [1.165, 1.54) is 5.56 Å². The van der Waals surface area contributed by atoms with Gasteiger partial charge in [-0.1, -0.05) is 61.9 Å². The molecule has 0 radical (unpaired) electrons. The van der Waals surface area contributed by atoms with Crippen LogP contribution in [0.4, 0.5) is 0 Å². The van der Waals surface area contributed by atoms with Gasteiger partial charge in [-0.25, -0.2) is 8.42 Å². The molecule has 1 aliphatic rings. The van der Waals surface area contributed by atoms with Crippen molar-refractivity contribution in [2.75, 3.05) is 0 Å². The third-order valence-corrected chi connectivity index (χ3v) is 7.49. The van der Waals surface area contributed by atoms with Gasteiger partial charge in [-0.2, -0.15) is 0 Å². The van der Waals surface area contributed by atoms with Crippen molar-refractivity contribution in [3.05, 3.63) is 76.0 Å². The third kappa shape index (κ3) is 3.93. The summed E-state index contributed by atoms with van der Waals surface area (Å²) in [4.78, 5) is 2.12. The highest BCUT2D eigenvalue weighted by atomic mass is 32.2. The Hall–Kier alpha value is -1.52. The van der Waals surface area contributed by atoms with Gasteiger partial charge in [0.1, 0.15) is 0 Å². The molecule has 0 aliphatic carbocycles. The van der Waals surface area contributed by atoms with Crippen LogP contribution in [0.25, 0.3) is 0 Å². The maximum atomic E-state index is 13.0. The molecule has 1 atom stereocenters. The first-order valence-corrected chi connectivity index (χ1v) is 10.7. The van der Waals surface area contributed by atoms with Crippen LogP contribution < -0.4 is 0 Å². The summed E-state index contributed by atoms with van der Waals surface area (Å²) in [6.07, 6.45) is 3.45. The second-order valence-corrected chi connectivity index (χ2v) is 9.22. The number of sulfone groups is 1. The van der Waals surface area contributed by atoms with Crippen molar-refractivity contribution < 1.29 is 8.42 Å². The fourth-order valence-corrected chi connectivity index (χ4v) is 5.94. The molecule has 4 heteroatoms. The summed E-state index contributed by atoms with van der Waals surface area (Å²) in [5, 5.41) is 0.303. The quantitative estimate of drug-likeness (QED) is 0.636. The van der Waals surface area contributed by atoms with Gasteiger partial charge in [-0.05, 0) is 37.0 Å². The standard InChI is InChI=1S/C20H22O2S2/c1-2-3-14-19(24(21,22)17-12-8-5-9-13-17)20-18(23-20)15-16-10-6-4-7-11-16/h4-13,18H,2-3,14-15H2,1H3/b20-19+. The zero-order chi connectivity index (χ0) is 17.0. The van der Waals surface area contributed by atoms with Gasteiger partial charge in [0.25, 0.3) is 0 Å². The highest BCUT2D eigenvalue weighted by Crippen LogP contribution is 2.52. The Kier molecular flexibility index (Phi) is 5.47. The van der Waals surface area contributed by atoms with Crippen LogP contribution in [-0.4, -0.2) is 13.7 Å². The van der Waals surface area contributed by atoms with Gasteiger partial charge in [-0.3, -0.25) is 0 Å². The Bertz CT molecular complexity index is 809. The predicted octanol–water partition coefficient (Wildman–Crippen LogP) is 5.22. The lowest BCUT2D eigenvalue weighted by Crippen LogP contribution is -2.06. The minimum Gasteiger partial charge on any atom is -0.219 e. The molecule has 2 aromatic carbocycles. The Balaban J connectivity index is 1.88. The molecule has 24 heavy (non-hydrogen) atoms. The number of allylic oxidation sites excluding steroid dienone is 1. The van der Waals surface area contributed by atoms with Gasteiger partial charge < -0.3 is 0 Å². The first-order valence-electron chi connectivity index (χ1n) is 8.36. The molecule has 0 spiro atoms. The zero-order valence-corrected chi connectivity index (χ0v) is 15.4. The molecule has 1 saturated heterocycles. The number of benzene rings is 2. The van der Waals surface area contributed by atoms with Crippen molar-refractivity contribution in [1.29, 1.82) is 0 Å². The normalized spacial score (nSPS) is 19.1. The minimum absolute atomic E-state index is 0.303. The zero-order valence-electron chi connectivity index (χ0n) is 13.8. The summed E-state index contributed by atoms with van der Waals surface area (Å²) in [7, 11) is -3.38. The van der Waals surface area contributed by atoms with Crippen LogP contribution >= 0.6 is 11.8 Å². The third-order valence-electron chi connectivity index (χ3n) is 4.18. The maximum Gasteiger partial charge on any atom is 0.203 e. The number of rotatable bonds is 7. The van der Waals surface area contributed by atoms with Crippen LogP contribution in [-0.2, 0) is 16.3 Å². The molecule has 0 saturated carbocycles. The van der Waals surface area contributed by atoms with Crippen LogP contribution in [0, 0.1) is 0 Å². The Morgan fingerprint density at radius 1 is 1.00 bits per heavy atom. The highest BCUT2D eigenvalue weighted by molar-refractivity contribution is 8.12. The van der Waals surface area contributed by atoms with E-state index in [0.29, 0.717) is 21.5 Å². The summed E-state index contributed by atoms with van der Waals surface area (Å²) >= 11 is 1.71. The largest absolute Gasteiger partial charge is 0.219 e. The van der Waals surface area contributed by atoms with E-state index in [9.17, 15) is 8.42 Å². The number of hydrogen-bond acceptors (Lipinski definition) is 3. The van der Waals surface area contributed by atoms with Gasteiger partial charge in [0.15, 0.2) is 0 Å². The molecular weight excluding hydrogens is 336 g/mol. The number of thioether (sulfide) groups is 1. The molecular formula is C20H22O2S2. The average Bonchev–Trinajstić information content (AvgIpc) is 3.35. The van der Waals surface area contributed by atoms with E-state index < -0.39 is 9.84 Å². The fraction of sp³-hybridized carbons (Fsp3) is 0.300. The summed E-state index contributed by atoms with van der Waals surface area (Å²) < 4.78 is 26.1. The highest BCUT2D eigenvalue weighted by Gasteiger charge is 2.38. The van der Waals surface area contributed by atoms with E-state index in [0.717, 1.165) is 24.2 Å². The lowest BCUT2D eigenvalue weighted by molar-refractivity contribution is 0.598. The topological polar surface area (TPSA) is 34.1 Å². The second-order valence-electron chi connectivity index (χ2n) is 6.00. The summed E-state index contributed by atoms with van der Waals surface area (Å²) in [5.41, 5.74) is 1.26. The van der Waals surface area contributed by atoms with Crippen LogP contribution in [0.2, 0.25) is 0 Å². The van der Waals surface area contributed by atoms with Crippen molar-refractivity contribution >= 4 is 21.6 Å². The molecule has 1 unspecified atom stereocenters. The van der Waals surface area contributed by atoms with Crippen molar-refractivity contribution in [2.24, 2.45) is 0 Å². The molecule has 0 aromatic heterocycles. The first kappa shape index (κ1) is 17.3. The van der Waals surface area contributed by atoms with Gasteiger partial charge in [0.2, 0.25) is 9.84 Å². The molecule has 1 aliphatic heterocycles. The molecule has 1 fully saturated rings. The summed E-state index contributed by atoms with van der Waals surface area (Å²) in [6, 6.07) is 19.1. The van der Waals surface area contributed by atoms with E-state index >= 15 is 0 Å². The van der Waals surface area contributed by atoms with Gasteiger partial charge in [0.05, 0.1) is 9.80 Å². The van der Waals surface area contributed by atoms with Gasteiger partial charge in [-0.15, -0.1) is 11.8 Å². The number of unbranched alkanes of at least 4 members (excludes halogenated alkanes) is 1. The molecule has 0 N–H and O–H groups in total. The average molecular weight is 359 g/mol. The van der Waals surface area contributed by atoms with E-state index in [2.05, 4.69) is 19.1 Å². The van der Waals surface area contributed by atoms with Crippen molar-refractivity contribution in [1.82, 2.24) is 0 Å². The molecule has 2 aromatic rings. The minimum atomic E-state index is -3.38. The van der Waals surface area contributed by atoms with Crippen molar-refractivity contribution in [3.8, 4) is 0 Å². The van der Waals surface area contributed by atoms with Crippen LogP contribution in [0.3, 0.4) is 0 Å². The fourth-order valence-electron chi connectivity index (χ4n) is 2.80. The van der Waals surface area contributed by atoms with Crippen LogP contribution in [0.5, 0.6) is 0 Å². The molecule has 0 bridgehead atoms. The first-order chi connectivity index (χ1) is 11.6. The molecule has 1 heterocycles. The maximum absolute atomic E-state index is 13.0. The lowest BCUT2D eigenvalue weighted by atomic mass is 10.1. The molecule has 2 nitrogen and oxygen atoms in total. The SMILES string of the molecule is CCCC/C(=C1\SC1Cc1ccccc1)S(=O)(=O)c1ccccc1. The number of hydrogen-bond donors (Lipinski definition) is 0. The smallest absolute Gasteiger partial charge is 0.203 e. The van der Waals surface area contributed by atoms with Crippen LogP contribution in [0.1, 0.15) is 31.7 Å². The molecule has 126 valence electrons. The molecule has 0 amide bonds. The van der Waals surface area contributed by atoms with Crippen molar-refractivity contribution in [3.63, 3.8) is 0 Å². The van der Waals surface area contributed by atoms with Crippen LogP contribution in [0.15, 0.2) is 75.4 Å². The van der Waals surface area contributed by atoms with E-state index in [1.54, 1.807) is 36.0 Å². The lowest BCUT2D eigenvalue weighted by Gasteiger charge is -2.08. The van der Waals surface area contributed by atoms with Gasteiger partial charge >= 0.3 is 0 Å².